The van der Waals surface area contributed by atoms with Crippen LogP contribution in [0.1, 0.15) is 25.7 Å². The van der Waals surface area contributed by atoms with Gasteiger partial charge in [0.15, 0.2) is 0 Å². The van der Waals surface area contributed by atoms with E-state index in [9.17, 15) is 13.2 Å². The molecule has 0 spiro atoms. The summed E-state index contributed by atoms with van der Waals surface area (Å²) >= 11 is 0. The topological polar surface area (TPSA) is 29.3 Å². The quantitative estimate of drug-likeness (QED) is 0.740. The number of hydrogen-bond acceptors (Lipinski definition) is 2. The Morgan fingerprint density at radius 2 is 1.73 bits per heavy atom. The van der Waals surface area contributed by atoms with E-state index >= 15 is 0 Å². The highest BCUT2D eigenvalue weighted by Gasteiger charge is 2.40. The van der Waals surface area contributed by atoms with Gasteiger partial charge in [-0.25, -0.2) is 0 Å². The molecule has 0 atom stereocenters. The predicted molar refractivity (Wildman–Crippen MR) is 53.5 cm³/mol. The number of likely N-dealkylation sites (tertiary alicyclic amines) is 1. The molecule has 90 valence electrons. The van der Waals surface area contributed by atoms with Crippen molar-refractivity contribution in [2.75, 3.05) is 26.2 Å². The molecular formula is C10H19F3N2. The van der Waals surface area contributed by atoms with E-state index in [1.807, 2.05) is 0 Å². The van der Waals surface area contributed by atoms with Gasteiger partial charge >= 0.3 is 6.18 Å². The zero-order valence-corrected chi connectivity index (χ0v) is 8.89. The van der Waals surface area contributed by atoms with Crippen molar-refractivity contribution in [2.45, 2.75) is 31.9 Å². The Labute approximate surface area is 88.6 Å². The number of hydrogen-bond donors (Lipinski definition) is 1. The molecule has 1 rings (SSSR count). The molecule has 1 aliphatic heterocycles. The van der Waals surface area contributed by atoms with Crippen molar-refractivity contribution in [3.05, 3.63) is 0 Å². The van der Waals surface area contributed by atoms with E-state index in [0.717, 1.165) is 19.4 Å². The summed E-state index contributed by atoms with van der Waals surface area (Å²) in [5.74, 6) is -1.08. The lowest BCUT2D eigenvalue weighted by Gasteiger charge is -2.32. The van der Waals surface area contributed by atoms with Crippen molar-refractivity contribution in [2.24, 2.45) is 11.7 Å². The van der Waals surface area contributed by atoms with Crippen LogP contribution in [0.15, 0.2) is 0 Å². The average molecular weight is 224 g/mol. The summed E-state index contributed by atoms with van der Waals surface area (Å²) < 4.78 is 37.0. The Morgan fingerprint density at radius 3 is 2.20 bits per heavy atom. The van der Waals surface area contributed by atoms with Crippen molar-refractivity contribution in [3.63, 3.8) is 0 Å². The molecule has 15 heavy (non-hydrogen) atoms. The maximum atomic E-state index is 12.3. The molecule has 1 heterocycles. The second kappa shape index (κ2) is 5.70. The minimum absolute atomic E-state index is 0.256. The van der Waals surface area contributed by atoms with Gasteiger partial charge in [-0.15, -0.1) is 0 Å². The molecule has 0 amide bonds. The Bertz CT molecular complexity index is 174. The number of unbranched alkanes of at least 4 members (excludes halogenated alkanes) is 1. The first-order valence-electron chi connectivity index (χ1n) is 5.53. The van der Waals surface area contributed by atoms with Gasteiger partial charge in [0.2, 0.25) is 0 Å². The van der Waals surface area contributed by atoms with Crippen molar-refractivity contribution < 1.29 is 13.2 Å². The van der Waals surface area contributed by atoms with Gasteiger partial charge in [-0.2, -0.15) is 13.2 Å². The summed E-state index contributed by atoms with van der Waals surface area (Å²) in [6.45, 7) is 2.71. The number of nitrogens with two attached hydrogens (primary N) is 1. The molecule has 5 heteroatoms. The summed E-state index contributed by atoms with van der Waals surface area (Å²) in [6, 6.07) is 0. The summed E-state index contributed by atoms with van der Waals surface area (Å²) in [7, 11) is 0. The third-order valence-corrected chi connectivity index (χ3v) is 2.98. The highest BCUT2D eigenvalue weighted by atomic mass is 19.4. The maximum absolute atomic E-state index is 12.3. The van der Waals surface area contributed by atoms with Crippen LogP contribution in [0.2, 0.25) is 0 Å². The second-order valence-electron chi connectivity index (χ2n) is 4.15. The van der Waals surface area contributed by atoms with Crippen molar-refractivity contribution in [3.8, 4) is 0 Å². The molecule has 0 radical (unpaired) electrons. The maximum Gasteiger partial charge on any atom is 0.391 e. The van der Waals surface area contributed by atoms with Crippen molar-refractivity contribution >= 4 is 0 Å². The van der Waals surface area contributed by atoms with Crippen molar-refractivity contribution in [1.82, 2.24) is 4.90 Å². The number of halogens is 3. The summed E-state index contributed by atoms with van der Waals surface area (Å²) in [4.78, 5) is 2.11. The van der Waals surface area contributed by atoms with Crippen LogP contribution < -0.4 is 5.73 Å². The number of rotatable bonds is 4. The molecule has 0 bridgehead atoms. The lowest BCUT2D eigenvalue weighted by molar-refractivity contribution is -0.185. The first-order chi connectivity index (χ1) is 7.04. The fraction of sp³-hybridized carbons (Fsp3) is 1.00. The van der Waals surface area contributed by atoms with Gasteiger partial charge in [-0.3, -0.25) is 0 Å². The van der Waals surface area contributed by atoms with Crippen LogP contribution in [0.4, 0.5) is 13.2 Å². The summed E-state index contributed by atoms with van der Waals surface area (Å²) in [5.41, 5.74) is 5.36. The Balaban J connectivity index is 2.18. The Hall–Kier alpha value is -0.290. The lowest BCUT2D eigenvalue weighted by atomic mass is 9.96. The fourth-order valence-electron chi connectivity index (χ4n) is 1.96. The van der Waals surface area contributed by atoms with Gasteiger partial charge in [0.1, 0.15) is 0 Å². The SMILES string of the molecule is NCCCCN1CCC(C(F)(F)F)CC1. The van der Waals surface area contributed by atoms with E-state index in [0.29, 0.717) is 19.6 Å². The molecule has 0 aromatic rings. The molecule has 0 aliphatic carbocycles. The third kappa shape index (κ3) is 4.38. The van der Waals surface area contributed by atoms with Crippen LogP contribution in [0.25, 0.3) is 0 Å². The first-order valence-corrected chi connectivity index (χ1v) is 5.53. The van der Waals surface area contributed by atoms with Gasteiger partial charge < -0.3 is 10.6 Å². The van der Waals surface area contributed by atoms with E-state index in [1.165, 1.54) is 0 Å². The van der Waals surface area contributed by atoms with Crippen LogP contribution in [-0.4, -0.2) is 37.3 Å². The number of nitrogens with zero attached hydrogens (tertiary/aromatic N) is 1. The van der Waals surface area contributed by atoms with Crippen LogP contribution in [0.3, 0.4) is 0 Å². The van der Waals surface area contributed by atoms with Gasteiger partial charge in [-0.1, -0.05) is 0 Å². The average Bonchev–Trinajstić information content (AvgIpc) is 2.18. The minimum Gasteiger partial charge on any atom is -0.330 e. The predicted octanol–water partition coefficient (Wildman–Crippen LogP) is 2.00. The zero-order valence-electron chi connectivity index (χ0n) is 8.89. The Morgan fingerprint density at radius 1 is 1.13 bits per heavy atom. The van der Waals surface area contributed by atoms with Gasteiger partial charge in [-0.05, 0) is 51.9 Å². The van der Waals surface area contributed by atoms with E-state index in [4.69, 9.17) is 5.73 Å². The zero-order chi connectivity index (χ0) is 11.3. The van der Waals surface area contributed by atoms with E-state index in [1.54, 1.807) is 0 Å². The molecule has 2 nitrogen and oxygen atoms in total. The van der Waals surface area contributed by atoms with Crippen LogP contribution >= 0.6 is 0 Å². The lowest BCUT2D eigenvalue weighted by Crippen LogP contribution is -2.39. The fourth-order valence-corrected chi connectivity index (χ4v) is 1.96. The van der Waals surface area contributed by atoms with Crippen LogP contribution in [0, 0.1) is 5.92 Å². The summed E-state index contributed by atoms with van der Waals surface area (Å²) in [5, 5.41) is 0. The van der Waals surface area contributed by atoms with E-state index < -0.39 is 12.1 Å². The van der Waals surface area contributed by atoms with E-state index in [-0.39, 0.29) is 12.8 Å². The molecule has 1 fully saturated rings. The normalized spacial score (nSPS) is 20.8. The number of piperidine rings is 1. The standard InChI is InChI=1S/C10H19F3N2/c11-10(12,13)9-3-7-15(8-4-9)6-2-1-5-14/h9H,1-8,14H2. The minimum atomic E-state index is -4.00. The van der Waals surface area contributed by atoms with Crippen molar-refractivity contribution in [1.29, 1.82) is 0 Å². The third-order valence-electron chi connectivity index (χ3n) is 2.98. The number of alkyl halides is 3. The monoisotopic (exact) mass is 224 g/mol. The molecule has 0 aromatic carbocycles. The molecule has 1 aliphatic rings. The van der Waals surface area contributed by atoms with Crippen LogP contribution in [0.5, 0.6) is 0 Å². The largest absolute Gasteiger partial charge is 0.391 e. The smallest absolute Gasteiger partial charge is 0.330 e. The summed E-state index contributed by atoms with van der Waals surface area (Å²) in [6.07, 6.45) is -1.53. The molecule has 2 N–H and O–H groups in total. The Kier molecular flexibility index (Phi) is 4.86. The molecule has 0 unspecified atom stereocenters. The molecule has 0 saturated carbocycles. The molecule has 0 aromatic heterocycles. The molecular weight excluding hydrogens is 205 g/mol. The van der Waals surface area contributed by atoms with Gasteiger partial charge in [0.05, 0.1) is 5.92 Å². The highest BCUT2D eigenvalue weighted by Crippen LogP contribution is 2.33. The second-order valence-corrected chi connectivity index (χ2v) is 4.15. The first kappa shape index (κ1) is 12.8. The van der Waals surface area contributed by atoms with Gasteiger partial charge in [0, 0.05) is 0 Å². The van der Waals surface area contributed by atoms with Gasteiger partial charge in [0.25, 0.3) is 0 Å². The molecule has 1 saturated heterocycles. The van der Waals surface area contributed by atoms with E-state index in [2.05, 4.69) is 4.90 Å². The van der Waals surface area contributed by atoms with Crippen LogP contribution in [-0.2, 0) is 0 Å². The highest BCUT2D eigenvalue weighted by molar-refractivity contribution is 4.76.